The van der Waals surface area contributed by atoms with Gasteiger partial charge in [0, 0.05) is 22.8 Å². The molecule has 0 aromatic heterocycles. The van der Waals surface area contributed by atoms with E-state index < -0.39 is 11.6 Å². The third-order valence-electron chi connectivity index (χ3n) is 2.54. The summed E-state index contributed by atoms with van der Waals surface area (Å²) in [5.41, 5.74) is 1.35. The number of carbonyl (C=O) groups excluding carboxylic acids is 1. The first-order valence-electron chi connectivity index (χ1n) is 6.50. The van der Waals surface area contributed by atoms with E-state index in [0.29, 0.717) is 6.61 Å². The molecule has 0 saturated carbocycles. The first-order chi connectivity index (χ1) is 9.24. The number of rotatable bonds is 5. The van der Waals surface area contributed by atoms with Crippen LogP contribution >= 0.6 is 15.9 Å². The molecule has 5 heteroatoms. The molecule has 0 amide bonds. The second-order valence-electron chi connectivity index (χ2n) is 5.60. The maximum atomic E-state index is 12.0. The van der Waals surface area contributed by atoms with Crippen LogP contribution in [0.4, 0.5) is 5.69 Å². The van der Waals surface area contributed by atoms with Gasteiger partial charge in [0.25, 0.3) is 0 Å². The van der Waals surface area contributed by atoms with Gasteiger partial charge in [-0.05, 0) is 39.8 Å². The summed E-state index contributed by atoms with van der Waals surface area (Å²) in [6, 6.07) is 5.34. The molecule has 1 atom stereocenters. The van der Waals surface area contributed by atoms with E-state index in [2.05, 4.69) is 21.2 Å². The fraction of sp³-hybridized carbons (Fsp3) is 0.533. The number of carbonyl (C=O) groups is 1. The van der Waals surface area contributed by atoms with E-state index in [1.54, 1.807) is 14.0 Å². The summed E-state index contributed by atoms with van der Waals surface area (Å²) >= 11 is 3.49. The highest BCUT2D eigenvalue weighted by Gasteiger charge is 2.22. The Kier molecular flexibility index (Phi) is 6.02. The summed E-state index contributed by atoms with van der Waals surface area (Å²) in [4.78, 5) is 12.0. The summed E-state index contributed by atoms with van der Waals surface area (Å²) < 4.78 is 11.5. The number of hydrogen-bond acceptors (Lipinski definition) is 4. The molecule has 1 aromatic rings. The molecule has 1 N–H and O–H groups in total. The van der Waals surface area contributed by atoms with E-state index in [4.69, 9.17) is 9.47 Å². The summed E-state index contributed by atoms with van der Waals surface area (Å²) in [5.74, 6) is -0.277. The second-order valence-corrected chi connectivity index (χ2v) is 6.45. The maximum Gasteiger partial charge on any atom is 0.328 e. The van der Waals surface area contributed by atoms with Crippen molar-refractivity contribution in [1.82, 2.24) is 0 Å². The Morgan fingerprint density at radius 1 is 1.40 bits per heavy atom. The van der Waals surface area contributed by atoms with Crippen molar-refractivity contribution < 1.29 is 14.3 Å². The molecular formula is C15H22BrNO3. The average Bonchev–Trinajstić information content (AvgIpc) is 2.31. The number of nitrogens with one attached hydrogen (secondary N) is 1. The van der Waals surface area contributed by atoms with Crippen molar-refractivity contribution in [2.24, 2.45) is 0 Å². The Bertz CT molecular complexity index is 469. The van der Waals surface area contributed by atoms with E-state index >= 15 is 0 Å². The molecule has 112 valence electrons. The number of anilines is 1. The fourth-order valence-corrected chi connectivity index (χ4v) is 2.15. The summed E-state index contributed by atoms with van der Waals surface area (Å²) in [5, 5.41) is 3.17. The Labute approximate surface area is 129 Å². The molecule has 0 saturated heterocycles. The number of ether oxygens (including phenoxy) is 2. The van der Waals surface area contributed by atoms with Crippen molar-refractivity contribution in [3.63, 3.8) is 0 Å². The van der Waals surface area contributed by atoms with Crippen LogP contribution in [0.3, 0.4) is 0 Å². The minimum absolute atomic E-state index is 0.277. The standard InChI is InChI=1S/C15H22BrNO3/c1-10(14(18)20-15(2,3)4)17-13-8-6-7-12(16)11(13)9-19-5/h6-8,10,17H,9H2,1-5H3. The summed E-state index contributed by atoms with van der Waals surface area (Å²) in [7, 11) is 1.64. The Morgan fingerprint density at radius 2 is 2.05 bits per heavy atom. The lowest BCUT2D eigenvalue weighted by Gasteiger charge is -2.24. The third kappa shape index (κ3) is 5.13. The Balaban J connectivity index is 2.82. The molecule has 1 unspecified atom stereocenters. The average molecular weight is 344 g/mol. The van der Waals surface area contributed by atoms with E-state index in [-0.39, 0.29) is 5.97 Å². The van der Waals surface area contributed by atoms with Gasteiger partial charge in [-0.3, -0.25) is 0 Å². The number of methoxy groups -OCH3 is 1. The van der Waals surface area contributed by atoms with E-state index in [9.17, 15) is 4.79 Å². The van der Waals surface area contributed by atoms with Crippen LogP contribution in [-0.2, 0) is 20.9 Å². The Hall–Kier alpha value is -1.07. The minimum Gasteiger partial charge on any atom is -0.458 e. The van der Waals surface area contributed by atoms with E-state index in [0.717, 1.165) is 15.7 Å². The van der Waals surface area contributed by atoms with Crippen molar-refractivity contribution >= 4 is 27.6 Å². The molecule has 0 fully saturated rings. The van der Waals surface area contributed by atoms with Gasteiger partial charge in [-0.25, -0.2) is 4.79 Å². The highest BCUT2D eigenvalue weighted by molar-refractivity contribution is 9.10. The van der Waals surface area contributed by atoms with Crippen LogP contribution in [0.5, 0.6) is 0 Å². The number of esters is 1. The van der Waals surface area contributed by atoms with Crippen LogP contribution in [0, 0.1) is 0 Å². The predicted octanol–water partition coefficient (Wildman–Crippen LogP) is 3.74. The monoisotopic (exact) mass is 343 g/mol. The zero-order valence-corrected chi connectivity index (χ0v) is 14.2. The minimum atomic E-state index is -0.486. The van der Waals surface area contributed by atoms with Gasteiger partial charge in [-0.15, -0.1) is 0 Å². The highest BCUT2D eigenvalue weighted by Crippen LogP contribution is 2.26. The summed E-state index contributed by atoms with van der Waals surface area (Å²) in [6.45, 7) is 7.81. The smallest absolute Gasteiger partial charge is 0.328 e. The van der Waals surface area contributed by atoms with Gasteiger partial charge in [0.15, 0.2) is 0 Å². The molecule has 0 aliphatic rings. The van der Waals surface area contributed by atoms with Gasteiger partial charge in [0.2, 0.25) is 0 Å². The van der Waals surface area contributed by atoms with Crippen LogP contribution in [-0.4, -0.2) is 24.7 Å². The lowest BCUT2D eigenvalue weighted by molar-refractivity contribution is -0.155. The largest absolute Gasteiger partial charge is 0.458 e. The van der Waals surface area contributed by atoms with Crippen LogP contribution in [0.1, 0.15) is 33.3 Å². The van der Waals surface area contributed by atoms with Gasteiger partial charge in [-0.1, -0.05) is 22.0 Å². The molecule has 0 bridgehead atoms. The molecule has 20 heavy (non-hydrogen) atoms. The molecule has 0 aliphatic heterocycles. The van der Waals surface area contributed by atoms with E-state index in [1.807, 2.05) is 39.0 Å². The van der Waals surface area contributed by atoms with Gasteiger partial charge >= 0.3 is 5.97 Å². The van der Waals surface area contributed by atoms with Crippen LogP contribution in [0.15, 0.2) is 22.7 Å². The van der Waals surface area contributed by atoms with Crippen LogP contribution < -0.4 is 5.32 Å². The topological polar surface area (TPSA) is 47.6 Å². The zero-order valence-electron chi connectivity index (χ0n) is 12.6. The van der Waals surface area contributed by atoms with Crippen LogP contribution in [0.25, 0.3) is 0 Å². The second kappa shape index (κ2) is 7.09. The molecule has 1 aromatic carbocycles. The molecule has 0 aliphatic carbocycles. The molecule has 1 rings (SSSR count). The predicted molar refractivity (Wildman–Crippen MR) is 83.8 cm³/mol. The van der Waals surface area contributed by atoms with Crippen molar-refractivity contribution in [2.45, 2.75) is 45.9 Å². The first kappa shape index (κ1) is 17.0. The normalized spacial score (nSPS) is 12.9. The van der Waals surface area contributed by atoms with Crippen LogP contribution in [0.2, 0.25) is 0 Å². The molecule has 0 heterocycles. The lowest BCUT2D eigenvalue weighted by atomic mass is 10.1. The maximum absolute atomic E-state index is 12.0. The SMILES string of the molecule is COCc1c(Br)cccc1NC(C)C(=O)OC(C)(C)C. The van der Waals surface area contributed by atoms with Crippen molar-refractivity contribution in [1.29, 1.82) is 0 Å². The lowest BCUT2D eigenvalue weighted by Crippen LogP contribution is -2.34. The fourth-order valence-electron chi connectivity index (χ4n) is 1.67. The summed E-state index contributed by atoms with van der Waals surface area (Å²) in [6.07, 6.45) is 0. The van der Waals surface area contributed by atoms with Gasteiger partial charge in [0.05, 0.1) is 6.61 Å². The number of halogens is 1. The van der Waals surface area contributed by atoms with Crippen molar-refractivity contribution in [3.8, 4) is 0 Å². The van der Waals surface area contributed by atoms with Crippen molar-refractivity contribution in [3.05, 3.63) is 28.2 Å². The molecule has 0 spiro atoms. The molecule has 4 nitrogen and oxygen atoms in total. The highest BCUT2D eigenvalue weighted by atomic mass is 79.9. The van der Waals surface area contributed by atoms with Gasteiger partial charge in [-0.2, -0.15) is 0 Å². The molecular weight excluding hydrogens is 322 g/mol. The Morgan fingerprint density at radius 3 is 2.60 bits per heavy atom. The van der Waals surface area contributed by atoms with E-state index in [1.165, 1.54) is 0 Å². The quantitative estimate of drug-likeness (QED) is 0.827. The zero-order chi connectivity index (χ0) is 15.3. The first-order valence-corrected chi connectivity index (χ1v) is 7.29. The third-order valence-corrected chi connectivity index (χ3v) is 3.28. The number of hydrogen-bond donors (Lipinski definition) is 1. The van der Waals surface area contributed by atoms with Crippen molar-refractivity contribution in [2.75, 3.05) is 12.4 Å². The van der Waals surface area contributed by atoms with Gasteiger partial charge < -0.3 is 14.8 Å². The van der Waals surface area contributed by atoms with Gasteiger partial charge in [0.1, 0.15) is 11.6 Å². The number of benzene rings is 1. The molecule has 0 radical (unpaired) electrons.